The number of aromatic amines is 1. The van der Waals surface area contributed by atoms with Crippen LogP contribution >= 0.6 is 0 Å². The van der Waals surface area contributed by atoms with Crippen LogP contribution in [0.25, 0.3) is 0 Å². The zero-order valence-electron chi connectivity index (χ0n) is 11.3. The van der Waals surface area contributed by atoms with Gasteiger partial charge >= 0.3 is 0 Å². The first kappa shape index (κ1) is 12.8. The van der Waals surface area contributed by atoms with Gasteiger partial charge < -0.3 is 19.5 Å². The Kier molecular flexibility index (Phi) is 3.73. The van der Waals surface area contributed by atoms with Crippen LogP contribution in [0.4, 0.5) is 0 Å². The topological polar surface area (TPSA) is 68.4 Å². The van der Waals surface area contributed by atoms with Crippen LogP contribution in [-0.4, -0.2) is 30.5 Å². The fourth-order valence-electron chi connectivity index (χ4n) is 2.15. The van der Waals surface area contributed by atoms with Crippen molar-refractivity contribution in [2.75, 3.05) is 20.3 Å². The molecule has 0 saturated heterocycles. The lowest BCUT2D eigenvalue weighted by atomic mass is 10.1. The minimum Gasteiger partial charge on any atom is -0.493 e. The zero-order chi connectivity index (χ0) is 13.8. The average Bonchev–Trinajstić information content (AvgIpc) is 2.99. The molecule has 0 radical (unpaired) electrons. The molecule has 1 aromatic carbocycles. The Bertz CT molecular complexity index is 552. The molecule has 0 amide bonds. The molecule has 0 atom stereocenters. The number of nitrogens with one attached hydrogen (secondary N) is 2. The highest BCUT2D eigenvalue weighted by molar-refractivity contribution is 5.54. The molecule has 2 heterocycles. The molecule has 0 unspecified atom stereocenters. The summed E-state index contributed by atoms with van der Waals surface area (Å²) in [5.74, 6) is 2.15. The van der Waals surface area contributed by atoms with Gasteiger partial charge in [-0.05, 0) is 17.7 Å². The van der Waals surface area contributed by atoms with E-state index in [1.807, 2.05) is 18.3 Å². The molecule has 106 valence electrons. The first-order valence-corrected chi connectivity index (χ1v) is 6.51. The lowest BCUT2D eigenvalue weighted by molar-refractivity contribution is 0.165. The monoisotopic (exact) mass is 275 g/mol. The van der Waals surface area contributed by atoms with Crippen molar-refractivity contribution in [1.82, 2.24) is 15.5 Å². The highest BCUT2D eigenvalue weighted by Gasteiger charge is 2.18. The SMILES string of the molecule is COc1cc(CNCc2cn[nH]c2)cc2c1OCCO2. The summed E-state index contributed by atoms with van der Waals surface area (Å²) in [5, 5.41) is 10.1. The second kappa shape index (κ2) is 5.83. The van der Waals surface area contributed by atoms with Crippen LogP contribution in [-0.2, 0) is 13.1 Å². The van der Waals surface area contributed by atoms with Crippen molar-refractivity contribution in [2.24, 2.45) is 0 Å². The van der Waals surface area contributed by atoms with Gasteiger partial charge in [0.2, 0.25) is 5.75 Å². The Morgan fingerprint density at radius 2 is 2.10 bits per heavy atom. The van der Waals surface area contributed by atoms with E-state index in [9.17, 15) is 0 Å². The number of nitrogens with zero attached hydrogens (tertiary/aromatic N) is 1. The summed E-state index contributed by atoms with van der Waals surface area (Å²) < 4.78 is 16.5. The third-order valence-electron chi connectivity index (χ3n) is 3.10. The molecule has 1 aromatic heterocycles. The lowest BCUT2D eigenvalue weighted by Gasteiger charge is -2.21. The minimum absolute atomic E-state index is 0.557. The molecule has 6 heteroatoms. The Morgan fingerprint density at radius 1 is 1.25 bits per heavy atom. The molecule has 20 heavy (non-hydrogen) atoms. The summed E-state index contributed by atoms with van der Waals surface area (Å²) in [4.78, 5) is 0. The number of ether oxygens (including phenoxy) is 3. The predicted molar refractivity (Wildman–Crippen MR) is 73.1 cm³/mol. The van der Waals surface area contributed by atoms with E-state index in [4.69, 9.17) is 14.2 Å². The maximum absolute atomic E-state index is 5.61. The predicted octanol–water partition coefficient (Wildman–Crippen LogP) is 1.48. The summed E-state index contributed by atoms with van der Waals surface area (Å²) in [6.45, 7) is 2.61. The molecule has 0 saturated carbocycles. The van der Waals surface area contributed by atoms with E-state index in [1.54, 1.807) is 13.3 Å². The number of hydrogen-bond acceptors (Lipinski definition) is 5. The lowest BCUT2D eigenvalue weighted by Crippen LogP contribution is -2.17. The Morgan fingerprint density at radius 3 is 2.90 bits per heavy atom. The van der Waals surface area contributed by atoms with Gasteiger partial charge in [-0.15, -0.1) is 0 Å². The second-order valence-corrected chi connectivity index (χ2v) is 4.53. The van der Waals surface area contributed by atoms with E-state index in [1.165, 1.54) is 0 Å². The molecule has 1 aliphatic rings. The number of methoxy groups -OCH3 is 1. The maximum atomic E-state index is 5.61. The van der Waals surface area contributed by atoms with Crippen molar-refractivity contribution in [3.63, 3.8) is 0 Å². The van der Waals surface area contributed by atoms with Gasteiger partial charge in [-0.1, -0.05) is 0 Å². The molecule has 0 spiro atoms. The van der Waals surface area contributed by atoms with E-state index >= 15 is 0 Å². The highest BCUT2D eigenvalue weighted by Crippen LogP contribution is 2.40. The van der Waals surface area contributed by atoms with E-state index in [0.717, 1.165) is 30.0 Å². The number of rotatable bonds is 5. The normalized spacial score (nSPS) is 13.2. The third-order valence-corrected chi connectivity index (χ3v) is 3.10. The fourth-order valence-corrected chi connectivity index (χ4v) is 2.15. The van der Waals surface area contributed by atoms with Crippen molar-refractivity contribution in [2.45, 2.75) is 13.1 Å². The third kappa shape index (κ3) is 2.70. The smallest absolute Gasteiger partial charge is 0.203 e. The van der Waals surface area contributed by atoms with E-state index in [0.29, 0.717) is 24.7 Å². The van der Waals surface area contributed by atoms with Gasteiger partial charge in [0.15, 0.2) is 11.5 Å². The Balaban J connectivity index is 1.69. The van der Waals surface area contributed by atoms with Gasteiger partial charge in [0.05, 0.1) is 13.3 Å². The van der Waals surface area contributed by atoms with Crippen molar-refractivity contribution < 1.29 is 14.2 Å². The molecule has 2 N–H and O–H groups in total. The van der Waals surface area contributed by atoms with Crippen molar-refractivity contribution in [3.8, 4) is 17.2 Å². The minimum atomic E-state index is 0.557. The van der Waals surface area contributed by atoms with Gasteiger partial charge in [0.25, 0.3) is 0 Å². The fraction of sp³-hybridized carbons (Fsp3) is 0.357. The largest absolute Gasteiger partial charge is 0.493 e. The van der Waals surface area contributed by atoms with Gasteiger partial charge in [0, 0.05) is 24.8 Å². The van der Waals surface area contributed by atoms with Gasteiger partial charge in [0.1, 0.15) is 13.2 Å². The Hall–Kier alpha value is -2.21. The van der Waals surface area contributed by atoms with Crippen LogP contribution in [0.1, 0.15) is 11.1 Å². The van der Waals surface area contributed by atoms with Crippen LogP contribution in [0, 0.1) is 0 Å². The molecule has 3 rings (SSSR count). The molecular formula is C14H17N3O3. The van der Waals surface area contributed by atoms with Crippen LogP contribution in [0.2, 0.25) is 0 Å². The van der Waals surface area contributed by atoms with Crippen LogP contribution in [0.3, 0.4) is 0 Å². The second-order valence-electron chi connectivity index (χ2n) is 4.53. The van der Waals surface area contributed by atoms with Gasteiger partial charge in [-0.2, -0.15) is 5.10 Å². The first-order valence-electron chi connectivity index (χ1n) is 6.51. The molecule has 6 nitrogen and oxygen atoms in total. The van der Waals surface area contributed by atoms with E-state index in [-0.39, 0.29) is 0 Å². The van der Waals surface area contributed by atoms with Crippen LogP contribution in [0.15, 0.2) is 24.5 Å². The molecule has 0 bridgehead atoms. The number of H-pyrrole nitrogens is 1. The number of aromatic nitrogens is 2. The summed E-state index contributed by atoms with van der Waals surface area (Å²) in [5.41, 5.74) is 2.21. The molecule has 0 aliphatic carbocycles. The maximum Gasteiger partial charge on any atom is 0.203 e. The first-order chi connectivity index (χ1) is 9.86. The van der Waals surface area contributed by atoms with Crippen molar-refractivity contribution >= 4 is 0 Å². The summed E-state index contributed by atoms with van der Waals surface area (Å²) >= 11 is 0. The molecular weight excluding hydrogens is 258 g/mol. The number of hydrogen-bond donors (Lipinski definition) is 2. The number of fused-ring (bicyclic) bond motifs is 1. The quantitative estimate of drug-likeness (QED) is 0.865. The highest BCUT2D eigenvalue weighted by atomic mass is 16.6. The van der Waals surface area contributed by atoms with E-state index < -0.39 is 0 Å². The summed E-state index contributed by atoms with van der Waals surface area (Å²) in [6, 6.07) is 3.95. The summed E-state index contributed by atoms with van der Waals surface area (Å²) in [6.07, 6.45) is 3.68. The molecule has 1 aliphatic heterocycles. The van der Waals surface area contributed by atoms with Crippen LogP contribution in [0.5, 0.6) is 17.2 Å². The standard InChI is InChI=1S/C14H17N3O3/c1-18-12-4-10(5-13-14(12)20-3-2-19-13)6-15-7-11-8-16-17-9-11/h4-5,8-9,15H,2-3,6-7H2,1H3,(H,16,17). The molecule has 0 fully saturated rings. The number of benzene rings is 1. The average molecular weight is 275 g/mol. The van der Waals surface area contributed by atoms with Crippen molar-refractivity contribution in [1.29, 1.82) is 0 Å². The van der Waals surface area contributed by atoms with Crippen molar-refractivity contribution in [3.05, 3.63) is 35.7 Å². The van der Waals surface area contributed by atoms with Gasteiger partial charge in [-0.3, -0.25) is 5.10 Å². The van der Waals surface area contributed by atoms with Gasteiger partial charge in [-0.25, -0.2) is 0 Å². The van der Waals surface area contributed by atoms with E-state index in [2.05, 4.69) is 15.5 Å². The zero-order valence-corrected chi connectivity index (χ0v) is 11.3. The summed E-state index contributed by atoms with van der Waals surface area (Å²) in [7, 11) is 1.64. The van der Waals surface area contributed by atoms with Crippen LogP contribution < -0.4 is 19.5 Å². The molecule has 2 aromatic rings. The Labute approximate surface area is 117 Å².